The van der Waals surface area contributed by atoms with Gasteiger partial charge in [0.1, 0.15) is 5.17 Å². The smallest absolute Gasteiger partial charge is 0.123 e. The molecule has 0 radical (unpaired) electrons. The summed E-state index contributed by atoms with van der Waals surface area (Å²) in [5.74, 6) is 0. The van der Waals surface area contributed by atoms with Crippen molar-refractivity contribution in [3.63, 3.8) is 0 Å². The molecule has 4 nitrogen and oxygen atoms in total. The highest BCUT2D eigenvalue weighted by molar-refractivity contribution is 6.69. The Morgan fingerprint density at radius 3 is 2.63 bits per heavy atom. The second kappa shape index (κ2) is 8.66. The molecule has 0 amide bonds. The van der Waals surface area contributed by atoms with Crippen molar-refractivity contribution in [2.45, 2.75) is 26.2 Å². The zero-order valence-electron chi connectivity index (χ0n) is 16.0. The van der Waals surface area contributed by atoms with E-state index in [2.05, 4.69) is 27.9 Å². The van der Waals surface area contributed by atoms with Gasteiger partial charge in [-0.15, -0.1) is 0 Å². The summed E-state index contributed by atoms with van der Waals surface area (Å²) in [4.78, 5) is 8.30. The third-order valence-electron chi connectivity index (χ3n) is 4.23. The van der Waals surface area contributed by atoms with E-state index in [1.54, 1.807) is 25.4 Å². The number of pyridine rings is 1. The molecule has 0 unspecified atom stereocenters. The van der Waals surface area contributed by atoms with Crippen LogP contribution in [0.3, 0.4) is 0 Å². The van der Waals surface area contributed by atoms with E-state index < -0.39 is 5.41 Å². The van der Waals surface area contributed by atoms with Gasteiger partial charge in [0.05, 0.1) is 17.2 Å². The molecule has 0 aliphatic carbocycles. The normalized spacial score (nSPS) is 12.4. The van der Waals surface area contributed by atoms with Gasteiger partial charge in [-0.1, -0.05) is 30.3 Å². The fourth-order valence-corrected chi connectivity index (χ4v) is 2.64. The molecule has 5 heteroatoms. The molecule has 0 fully saturated rings. The van der Waals surface area contributed by atoms with Gasteiger partial charge in [0.15, 0.2) is 0 Å². The minimum Gasteiger partial charge on any atom is -0.355 e. The zero-order valence-corrected chi connectivity index (χ0v) is 16.8. The molecule has 0 saturated carbocycles. The number of anilines is 2. The number of rotatable bonds is 6. The van der Waals surface area contributed by atoms with Gasteiger partial charge in [0.2, 0.25) is 0 Å². The van der Waals surface area contributed by atoms with E-state index in [0.29, 0.717) is 5.17 Å². The summed E-state index contributed by atoms with van der Waals surface area (Å²) >= 11 is 6.06. The fraction of sp³-hybridized carbons (Fsp3) is 0.227. The van der Waals surface area contributed by atoms with Gasteiger partial charge in [-0.2, -0.15) is 5.26 Å². The second-order valence-electron chi connectivity index (χ2n) is 6.67. The van der Waals surface area contributed by atoms with Gasteiger partial charge in [-0.3, -0.25) is 9.98 Å². The van der Waals surface area contributed by atoms with Gasteiger partial charge >= 0.3 is 0 Å². The Morgan fingerprint density at radius 2 is 2.00 bits per heavy atom. The predicted octanol–water partition coefficient (Wildman–Crippen LogP) is 5.77. The minimum absolute atomic E-state index is 0.417. The van der Waals surface area contributed by atoms with Crippen LogP contribution in [0.5, 0.6) is 0 Å². The third-order valence-corrected chi connectivity index (χ3v) is 4.50. The van der Waals surface area contributed by atoms with E-state index in [1.165, 1.54) is 0 Å². The summed E-state index contributed by atoms with van der Waals surface area (Å²) in [5, 5.41) is 13.1. The van der Waals surface area contributed by atoms with Gasteiger partial charge < -0.3 is 5.32 Å². The molecule has 0 spiro atoms. The number of halogens is 1. The first-order valence-electron chi connectivity index (χ1n) is 8.53. The van der Waals surface area contributed by atoms with Crippen molar-refractivity contribution in [2.24, 2.45) is 4.99 Å². The van der Waals surface area contributed by atoms with Crippen LogP contribution in [-0.4, -0.2) is 17.2 Å². The number of aliphatic imine (C=N–C) groups is 1. The van der Waals surface area contributed by atoms with Crippen LogP contribution in [-0.2, 0) is 5.41 Å². The topological polar surface area (TPSA) is 61.1 Å². The van der Waals surface area contributed by atoms with Gasteiger partial charge in [-0.25, -0.2) is 0 Å². The fourth-order valence-electron chi connectivity index (χ4n) is 2.52. The Bertz CT molecular complexity index is 949. The SMILES string of the molecule is C=C/C(=C\C(Cl)=NC)c1cc(Nc2ccnc(C(C)(C)C#N)c2)ccc1C. The van der Waals surface area contributed by atoms with Crippen molar-refractivity contribution in [1.29, 1.82) is 5.26 Å². The Labute approximate surface area is 165 Å². The van der Waals surface area contributed by atoms with E-state index in [1.807, 2.05) is 51.1 Å². The van der Waals surface area contributed by atoms with Crippen LogP contribution in [0.15, 0.2) is 60.3 Å². The van der Waals surface area contributed by atoms with Crippen molar-refractivity contribution < 1.29 is 0 Å². The molecule has 0 aliphatic heterocycles. The maximum Gasteiger partial charge on any atom is 0.123 e. The number of nitriles is 1. The van der Waals surface area contributed by atoms with E-state index >= 15 is 0 Å². The van der Waals surface area contributed by atoms with Gasteiger partial charge in [-0.05, 0) is 67.8 Å². The lowest BCUT2D eigenvalue weighted by Gasteiger charge is -2.16. The van der Waals surface area contributed by atoms with Crippen LogP contribution in [0, 0.1) is 18.3 Å². The van der Waals surface area contributed by atoms with E-state index in [-0.39, 0.29) is 0 Å². The predicted molar refractivity (Wildman–Crippen MR) is 115 cm³/mol. The summed E-state index contributed by atoms with van der Waals surface area (Å²) in [6.45, 7) is 9.62. The first-order valence-corrected chi connectivity index (χ1v) is 8.90. The van der Waals surface area contributed by atoms with Crippen LogP contribution in [0.25, 0.3) is 5.57 Å². The lowest BCUT2D eigenvalue weighted by molar-refractivity contribution is 0.660. The molecule has 2 aromatic rings. The number of hydrogen-bond acceptors (Lipinski definition) is 4. The number of hydrogen-bond donors (Lipinski definition) is 1. The number of nitrogens with one attached hydrogen (secondary N) is 1. The first kappa shape index (κ1) is 20.4. The monoisotopic (exact) mass is 378 g/mol. The third kappa shape index (κ3) is 5.06. The molecule has 0 atom stereocenters. The van der Waals surface area contributed by atoms with E-state index in [0.717, 1.165) is 33.8 Å². The highest BCUT2D eigenvalue weighted by atomic mass is 35.5. The van der Waals surface area contributed by atoms with Crippen molar-refractivity contribution in [2.75, 3.05) is 12.4 Å². The molecule has 138 valence electrons. The molecule has 27 heavy (non-hydrogen) atoms. The summed E-state index contributed by atoms with van der Waals surface area (Å²) in [6.07, 6.45) is 5.26. The molecule has 0 aliphatic rings. The summed E-state index contributed by atoms with van der Waals surface area (Å²) in [5.41, 5.74) is 4.88. The minimum atomic E-state index is -0.648. The quantitative estimate of drug-likeness (QED) is 0.512. The molecular formula is C22H23ClN4. The number of aryl methyl sites for hydroxylation is 1. The molecule has 1 N–H and O–H groups in total. The lowest BCUT2D eigenvalue weighted by atomic mass is 9.90. The van der Waals surface area contributed by atoms with Crippen LogP contribution in [0.2, 0.25) is 0 Å². The number of benzene rings is 1. The van der Waals surface area contributed by atoms with Crippen LogP contribution >= 0.6 is 11.6 Å². The average molecular weight is 379 g/mol. The molecule has 1 heterocycles. The summed E-state index contributed by atoms with van der Waals surface area (Å²) < 4.78 is 0. The Balaban J connectivity index is 2.40. The van der Waals surface area contributed by atoms with Gasteiger partial charge in [0, 0.05) is 24.6 Å². The van der Waals surface area contributed by atoms with E-state index in [4.69, 9.17) is 11.6 Å². The maximum absolute atomic E-state index is 9.33. The lowest BCUT2D eigenvalue weighted by Crippen LogP contribution is -2.15. The zero-order chi connectivity index (χ0) is 20.0. The van der Waals surface area contributed by atoms with Crippen molar-refractivity contribution in [1.82, 2.24) is 4.98 Å². The summed E-state index contributed by atoms with van der Waals surface area (Å²) in [6, 6.07) is 12.1. The Morgan fingerprint density at radius 1 is 1.30 bits per heavy atom. The number of aromatic nitrogens is 1. The highest BCUT2D eigenvalue weighted by Crippen LogP contribution is 2.28. The summed E-state index contributed by atoms with van der Waals surface area (Å²) in [7, 11) is 1.65. The maximum atomic E-state index is 9.33. The first-order chi connectivity index (χ1) is 12.8. The van der Waals surface area contributed by atoms with E-state index in [9.17, 15) is 5.26 Å². The molecule has 0 saturated heterocycles. The molecule has 0 bridgehead atoms. The van der Waals surface area contributed by atoms with Gasteiger partial charge in [0.25, 0.3) is 0 Å². The molecule has 2 rings (SSSR count). The van der Waals surface area contributed by atoms with Crippen LogP contribution in [0.1, 0.15) is 30.7 Å². The molecule has 1 aromatic carbocycles. The largest absolute Gasteiger partial charge is 0.355 e. The molecule has 1 aromatic heterocycles. The number of nitrogens with zero attached hydrogens (tertiary/aromatic N) is 3. The average Bonchev–Trinajstić information content (AvgIpc) is 2.67. The second-order valence-corrected chi connectivity index (χ2v) is 7.06. The van der Waals surface area contributed by atoms with Crippen LogP contribution in [0.4, 0.5) is 11.4 Å². The highest BCUT2D eigenvalue weighted by Gasteiger charge is 2.21. The van der Waals surface area contributed by atoms with Crippen LogP contribution < -0.4 is 5.32 Å². The standard InChI is InChI=1S/C22H23ClN4/c1-6-16(11-21(23)25-5)19-12-17(8-7-15(19)2)27-18-9-10-26-20(13-18)22(3,4)14-24/h6-13H,1H2,2-5H3,(H,26,27)/b16-11+,25-21?. The van der Waals surface area contributed by atoms with Crippen molar-refractivity contribution in [3.05, 3.63) is 72.1 Å². The number of allylic oxidation sites excluding steroid dienone is 3. The molecular weight excluding hydrogens is 356 g/mol. The Kier molecular flexibility index (Phi) is 6.55. The van der Waals surface area contributed by atoms with Crippen molar-refractivity contribution in [3.8, 4) is 6.07 Å². The Hall–Kier alpha value is -2.90. The van der Waals surface area contributed by atoms with Crippen molar-refractivity contribution >= 4 is 33.7 Å².